The molecule has 0 saturated carbocycles. The van der Waals surface area contributed by atoms with Crippen molar-refractivity contribution in [3.05, 3.63) is 113 Å². The Balaban J connectivity index is 0.000000243. The molecule has 386 valence electrons. The molecule has 4 aromatic heterocycles. The van der Waals surface area contributed by atoms with Crippen LogP contribution in [0.1, 0.15) is 108 Å². The van der Waals surface area contributed by atoms with E-state index < -0.39 is 18.5 Å². The van der Waals surface area contributed by atoms with Crippen molar-refractivity contribution in [3.63, 3.8) is 0 Å². The molecule has 0 fully saturated rings. The van der Waals surface area contributed by atoms with Gasteiger partial charge in [-0.2, -0.15) is 31.8 Å². The number of hydrogen-bond acceptors (Lipinski definition) is 17. The van der Waals surface area contributed by atoms with Gasteiger partial charge in [0.2, 0.25) is 5.82 Å². The summed E-state index contributed by atoms with van der Waals surface area (Å²) in [6.07, 6.45) is 5.33. The van der Waals surface area contributed by atoms with E-state index in [0.717, 1.165) is 132 Å². The van der Waals surface area contributed by atoms with E-state index in [2.05, 4.69) is 68.8 Å². The number of aliphatic imine (C=N–C) groups is 1. The van der Waals surface area contributed by atoms with Crippen LogP contribution >= 0.6 is 0 Å². The predicted molar refractivity (Wildman–Crippen MR) is 299 cm³/mol. The molecule has 6 heterocycles. The van der Waals surface area contributed by atoms with Gasteiger partial charge >= 0.3 is 62.1 Å². The summed E-state index contributed by atoms with van der Waals surface area (Å²) in [5, 5.41) is 18.0. The first-order valence-corrected chi connectivity index (χ1v) is 35.9. The SMILES string of the molecule is CCCN(CCC)c1ccc(N)c(C)n1.CCCN(CCC)c1ccc(N=C2C(c3ccccc3OCC)=Nn3nc(C)nc32)c(C)n1.CCOc1ccccc1-c1cc2n(n1)N=C(C)C2.O=S(=O)=S(=O)=O.[Na][Na]. The first-order chi connectivity index (χ1) is 35.7. The number of fused-ring (bicyclic) bond motifs is 2. The van der Waals surface area contributed by atoms with Crippen molar-refractivity contribution in [1.29, 1.82) is 0 Å². The zero-order chi connectivity index (χ0) is 54.3. The van der Waals surface area contributed by atoms with Gasteiger partial charge in [0.15, 0.2) is 5.82 Å². The molecule has 8 rings (SSSR count). The molecule has 0 aliphatic carbocycles. The van der Waals surface area contributed by atoms with E-state index in [9.17, 15) is 0 Å². The molecular weight excluding hydrogens is 1000 g/mol. The maximum absolute atomic E-state index is 9.09. The fraction of sp³-hybridized carbons (Fsp3) is 0.412. The Bertz CT molecular complexity index is 3100. The third-order valence-corrected chi connectivity index (χ3v) is 11.7. The summed E-state index contributed by atoms with van der Waals surface area (Å²) in [6, 6.07) is 25.9. The van der Waals surface area contributed by atoms with Crippen LogP contribution in [0.5, 0.6) is 11.5 Å². The molecule has 0 spiro atoms. The molecule has 6 aromatic rings. The number of nitrogens with two attached hydrogens (primary N) is 1. The van der Waals surface area contributed by atoms with Crippen molar-refractivity contribution in [1.82, 2.24) is 34.7 Å². The summed E-state index contributed by atoms with van der Waals surface area (Å²) in [5.74, 6) is 4.94. The van der Waals surface area contributed by atoms with Crippen LogP contribution < -0.4 is 25.0 Å². The van der Waals surface area contributed by atoms with Gasteiger partial charge in [-0.15, -0.1) is 15.0 Å². The molecule has 23 heteroatoms. The average Bonchev–Trinajstić information content (AvgIpc) is 4.14. The number of benzene rings is 2. The molecule has 0 bridgehead atoms. The summed E-state index contributed by atoms with van der Waals surface area (Å²) < 4.78 is 47.8. The number of para-hydroxylation sites is 2. The Morgan fingerprint density at radius 3 is 1.65 bits per heavy atom. The summed E-state index contributed by atoms with van der Waals surface area (Å²) in [6.45, 7) is 25.8. The third kappa shape index (κ3) is 17.4. The first-order valence-electron chi connectivity index (χ1n) is 25.3. The normalized spacial score (nSPS) is 12.2. The van der Waals surface area contributed by atoms with E-state index in [1.54, 1.807) is 9.58 Å². The molecule has 74 heavy (non-hydrogen) atoms. The van der Waals surface area contributed by atoms with Crippen LogP contribution in [-0.4, -0.2) is 152 Å². The zero-order valence-electron chi connectivity index (χ0n) is 45.0. The van der Waals surface area contributed by atoms with Gasteiger partial charge in [-0.3, -0.25) is 0 Å². The molecule has 0 unspecified atom stereocenters. The van der Waals surface area contributed by atoms with E-state index in [1.165, 1.54) is 43.6 Å². The number of aromatic nitrogens is 7. The fourth-order valence-electron chi connectivity index (χ4n) is 7.72. The molecular formula is C51H67N13Na2O6S2. The van der Waals surface area contributed by atoms with Crippen LogP contribution in [0.2, 0.25) is 0 Å². The van der Waals surface area contributed by atoms with E-state index >= 15 is 0 Å². The number of aryl methyl sites for hydroxylation is 3. The molecule has 0 amide bonds. The van der Waals surface area contributed by atoms with Gasteiger partial charge in [-0.05, 0) is 122 Å². The predicted octanol–water partition coefficient (Wildman–Crippen LogP) is 7.93. The van der Waals surface area contributed by atoms with Crippen molar-refractivity contribution in [2.75, 3.05) is 54.9 Å². The second kappa shape index (κ2) is 31.6. The number of ether oxygens (including phenoxy) is 2. The van der Waals surface area contributed by atoms with Crippen LogP contribution in [0, 0.1) is 20.8 Å². The number of rotatable bonds is 17. The van der Waals surface area contributed by atoms with E-state index in [0.29, 0.717) is 36.3 Å². The van der Waals surface area contributed by atoms with E-state index in [1.807, 2.05) is 114 Å². The van der Waals surface area contributed by atoms with Crippen LogP contribution in [-0.2, 0) is 24.9 Å². The molecule has 2 N–H and O–H groups in total. The minimum absolute atomic E-state index is 0.565. The molecule has 19 nitrogen and oxygen atoms in total. The number of hydrogen-bond donors (Lipinski definition) is 1. The molecule has 0 saturated heterocycles. The van der Waals surface area contributed by atoms with Gasteiger partial charge < -0.3 is 25.0 Å². The summed E-state index contributed by atoms with van der Waals surface area (Å²) in [7, 11) is -5.90. The van der Waals surface area contributed by atoms with Gasteiger partial charge in [0.1, 0.15) is 34.6 Å². The Hall–Kier alpha value is -5.26. The number of anilines is 3. The fourth-order valence-corrected chi connectivity index (χ4v) is 7.72. The second-order valence-corrected chi connectivity index (χ2v) is 19.0. The standard InChI is InChI=1S/C25H31N7O.C14H15N3O.C12H21N3.2Na.O4S2/c1-6-15-31(16-7-2)22-14-13-20(17(4)26-22)28-24-23(30-32-25(24)27-18(5)29-32)19-11-9-10-12-21(19)33-8-3;1-3-18-14-7-5-4-6-12(14)13-9-11-8-10(2)15-17(11)16-13;1-4-8-15(9-5-2)12-7-6-11(13)10(3)14-12;;;1-5(2)6(3)4/h9-14H,6-8,15-16H2,1-5H3;4-7,9H,3,8H2,1-2H3;6-7H,4-5,8-9,13H2,1-3H3;;;. The maximum atomic E-state index is 9.09. The van der Waals surface area contributed by atoms with Gasteiger partial charge in [0.25, 0.3) is 0 Å². The van der Waals surface area contributed by atoms with Crippen molar-refractivity contribution in [3.8, 4) is 22.8 Å². The molecule has 2 aliphatic rings. The topological polar surface area (TPSA) is 231 Å². The molecule has 0 atom stereocenters. The molecule has 2 aliphatic heterocycles. The Kier molecular flexibility index (Phi) is 26.2. The van der Waals surface area contributed by atoms with Crippen LogP contribution in [0.3, 0.4) is 0 Å². The Labute approximate surface area is 466 Å². The first kappa shape index (κ1) is 61.3. The van der Waals surface area contributed by atoms with E-state index in [4.69, 9.17) is 47.1 Å². The van der Waals surface area contributed by atoms with Crippen LogP contribution in [0.25, 0.3) is 11.3 Å². The van der Waals surface area contributed by atoms with Crippen molar-refractivity contribution >= 4 is 102 Å². The number of pyridine rings is 2. The second-order valence-electron chi connectivity index (χ2n) is 16.6. The Morgan fingerprint density at radius 1 is 0.635 bits per heavy atom. The van der Waals surface area contributed by atoms with Gasteiger partial charge in [0, 0.05) is 49.4 Å². The molecule has 0 radical (unpaired) electrons. The quantitative estimate of drug-likeness (QED) is 0.0856. The summed E-state index contributed by atoms with van der Waals surface area (Å²) >= 11 is 2.89. The monoisotopic (exact) mass is 1070 g/mol. The molecule has 2 aromatic carbocycles. The van der Waals surface area contributed by atoms with Crippen LogP contribution in [0.4, 0.5) is 23.0 Å². The van der Waals surface area contributed by atoms with Crippen molar-refractivity contribution < 1.29 is 26.3 Å². The van der Waals surface area contributed by atoms with Crippen molar-refractivity contribution in [2.24, 2.45) is 15.2 Å². The minimum atomic E-state index is -2.95. The number of nitrogens with zero attached hydrogens (tertiary/aromatic N) is 12. The summed E-state index contributed by atoms with van der Waals surface area (Å²) in [4.78, 5) is 26.9. The summed E-state index contributed by atoms with van der Waals surface area (Å²) in [5.41, 5.74) is 15.5. The zero-order valence-corrected chi connectivity index (χ0v) is 50.6. The van der Waals surface area contributed by atoms with Crippen LogP contribution in [0.15, 0.2) is 94.1 Å². The van der Waals surface area contributed by atoms with Gasteiger partial charge in [-0.25, -0.2) is 19.9 Å². The Morgan fingerprint density at radius 2 is 1.15 bits per heavy atom. The van der Waals surface area contributed by atoms with Crippen molar-refractivity contribution in [2.45, 2.75) is 101 Å². The van der Waals surface area contributed by atoms with Gasteiger partial charge in [0.05, 0.1) is 47.4 Å². The van der Waals surface area contributed by atoms with Gasteiger partial charge in [-0.1, -0.05) is 52.0 Å². The average molecular weight is 1070 g/mol. The number of nitrogen functional groups attached to an aromatic ring is 1. The van der Waals surface area contributed by atoms with E-state index in [-0.39, 0.29) is 0 Å². The third-order valence-electron chi connectivity index (χ3n) is 10.8.